The van der Waals surface area contributed by atoms with Crippen LogP contribution in [0.3, 0.4) is 0 Å². The minimum absolute atomic E-state index is 0.0849. The van der Waals surface area contributed by atoms with Gasteiger partial charge in [-0.15, -0.1) is 0 Å². The van der Waals surface area contributed by atoms with E-state index in [-0.39, 0.29) is 24.4 Å². The molecule has 2 aliphatic heterocycles. The van der Waals surface area contributed by atoms with Gasteiger partial charge in [0.1, 0.15) is 12.3 Å². The average Bonchev–Trinajstić information content (AvgIpc) is 3.04. The SMILES string of the molecule is COCCOc1nc(C(=O)NOC2CCOCC2)cc(-c2ccc(C#Cc3ccc(CN4CCOCC4)cc3)cc2)n1. The van der Waals surface area contributed by atoms with Crippen molar-refractivity contribution >= 4 is 5.91 Å². The number of rotatable bonds is 10. The minimum atomic E-state index is -0.472. The van der Waals surface area contributed by atoms with Gasteiger partial charge in [0.15, 0.2) is 0 Å². The van der Waals surface area contributed by atoms with Crippen LogP contribution in [-0.4, -0.2) is 86.7 Å². The van der Waals surface area contributed by atoms with E-state index in [4.69, 9.17) is 23.8 Å². The van der Waals surface area contributed by atoms with Gasteiger partial charge in [-0.25, -0.2) is 5.48 Å². The van der Waals surface area contributed by atoms with E-state index in [1.165, 1.54) is 5.56 Å². The van der Waals surface area contributed by atoms with Gasteiger partial charge in [0.25, 0.3) is 5.91 Å². The first-order valence-corrected chi connectivity index (χ1v) is 14.2. The molecule has 10 nitrogen and oxygen atoms in total. The third-order valence-corrected chi connectivity index (χ3v) is 6.94. The lowest BCUT2D eigenvalue weighted by molar-refractivity contribution is -0.0674. The molecule has 0 saturated carbocycles. The van der Waals surface area contributed by atoms with E-state index in [1.54, 1.807) is 13.2 Å². The van der Waals surface area contributed by atoms with Crippen molar-refractivity contribution in [1.29, 1.82) is 0 Å². The number of aromatic nitrogens is 2. The Morgan fingerprint density at radius 1 is 0.929 bits per heavy atom. The molecule has 1 N–H and O–H groups in total. The van der Waals surface area contributed by atoms with Crippen molar-refractivity contribution in [1.82, 2.24) is 20.3 Å². The summed E-state index contributed by atoms with van der Waals surface area (Å²) >= 11 is 0. The highest BCUT2D eigenvalue weighted by molar-refractivity contribution is 5.92. The summed E-state index contributed by atoms with van der Waals surface area (Å²) in [5.74, 6) is 5.99. The maximum atomic E-state index is 12.9. The summed E-state index contributed by atoms with van der Waals surface area (Å²) in [5.41, 5.74) is 7.09. The monoisotopic (exact) mass is 572 g/mol. The molecular formula is C32H36N4O6. The van der Waals surface area contributed by atoms with Crippen molar-refractivity contribution in [2.75, 3.05) is 59.8 Å². The van der Waals surface area contributed by atoms with Crippen molar-refractivity contribution in [3.8, 4) is 29.1 Å². The molecule has 10 heteroatoms. The second-order valence-corrected chi connectivity index (χ2v) is 10.0. The molecule has 2 fully saturated rings. The fourth-order valence-electron chi connectivity index (χ4n) is 4.53. The van der Waals surface area contributed by atoms with E-state index in [1.807, 2.05) is 24.3 Å². The van der Waals surface area contributed by atoms with E-state index in [0.29, 0.717) is 25.5 Å². The third-order valence-electron chi connectivity index (χ3n) is 6.94. The summed E-state index contributed by atoms with van der Waals surface area (Å²) in [5, 5.41) is 0. The van der Waals surface area contributed by atoms with Crippen molar-refractivity contribution in [3.05, 3.63) is 77.0 Å². The zero-order chi connectivity index (χ0) is 29.0. The smallest absolute Gasteiger partial charge is 0.317 e. The number of amides is 1. The number of ether oxygens (including phenoxy) is 4. The third kappa shape index (κ3) is 8.82. The molecule has 3 aromatic rings. The number of carbonyl (C=O) groups is 1. The van der Waals surface area contributed by atoms with Crippen LogP contribution in [0.15, 0.2) is 54.6 Å². The zero-order valence-corrected chi connectivity index (χ0v) is 23.8. The van der Waals surface area contributed by atoms with Gasteiger partial charge < -0.3 is 18.9 Å². The fourth-order valence-corrected chi connectivity index (χ4v) is 4.53. The summed E-state index contributed by atoms with van der Waals surface area (Å²) in [7, 11) is 1.58. The number of morpholine rings is 1. The van der Waals surface area contributed by atoms with Gasteiger partial charge in [0.2, 0.25) is 0 Å². The van der Waals surface area contributed by atoms with E-state index >= 15 is 0 Å². The summed E-state index contributed by atoms with van der Waals surface area (Å²) < 4.78 is 21.5. The second kappa shape index (κ2) is 15.4. The predicted octanol–water partition coefficient (Wildman–Crippen LogP) is 3.24. The molecule has 5 rings (SSSR count). The van der Waals surface area contributed by atoms with E-state index in [9.17, 15) is 4.79 Å². The molecule has 0 radical (unpaired) electrons. The van der Waals surface area contributed by atoms with Crippen LogP contribution in [0.2, 0.25) is 0 Å². The maximum absolute atomic E-state index is 12.9. The standard InChI is InChI=1S/C32H36N4O6/c1-38-20-21-41-32-33-29(22-30(34-32)31(37)35-42-28-12-16-39-17-13-28)27-10-8-25(9-11-27)3-2-24-4-6-26(7-5-24)23-36-14-18-40-19-15-36/h4-11,22,28H,12-21,23H2,1H3,(H,35,37). The Kier molecular flexibility index (Phi) is 10.9. The Bertz CT molecular complexity index is 1360. The number of hydroxylamine groups is 1. The van der Waals surface area contributed by atoms with Crippen molar-refractivity contribution in [2.45, 2.75) is 25.5 Å². The molecule has 3 heterocycles. The number of nitrogens with one attached hydrogen (secondary N) is 1. The average molecular weight is 573 g/mol. The molecule has 2 aliphatic rings. The van der Waals surface area contributed by atoms with Gasteiger partial charge in [-0.1, -0.05) is 36.1 Å². The molecule has 1 aromatic heterocycles. The number of benzene rings is 2. The Morgan fingerprint density at radius 2 is 1.60 bits per heavy atom. The Balaban J connectivity index is 1.25. The molecule has 0 unspecified atom stereocenters. The molecule has 0 atom stereocenters. The number of carbonyl (C=O) groups excluding carboxylic acids is 1. The Hall–Kier alpha value is -3.85. The van der Waals surface area contributed by atoms with Crippen LogP contribution in [0.25, 0.3) is 11.3 Å². The van der Waals surface area contributed by atoms with Crippen LogP contribution in [0.4, 0.5) is 0 Å². The highest BCUT2D eigenvalue weighted by Gasteiger charge is 2.19. The highest BCUT2D eigenvalue weighted by atomic mass is 16.7. The topological polar surface area (TPSA) is 104 Å². The van der Waals surface area contributed by atoms with Crippen LogP contribution in [0.1, 0.15) is 40.0 Å². The summed E-state index contributed by atoms with van der Waals surface area (Å²) in [4.78, 5) is 29.6. The maximum Gasteiger partial charge on any atom is 0.317 e. The van der Waals surface area contributed by atoms with Crippen LogP contribution >= 0.6 is 0 Å². The van der Waals surface area contributed by atoms with Gasteiger partial charge in [0.05, 0.1) is 31.6 Å². The molecule has 42 heavy (non-hydrogen) atoms. The lowest BCUT2D eigenvalue weighted by Crippen LogP contribution is -2.35. The highest BCUT2D eigenvalue weighted by Crippen LogP contribution is 2.21. The lowest BCUT2D eigenvalue weighted by Gasteiger charge is -2.26. The van der Waals surface area contributed by atoms with E-state index < -0.39 is 5.91 Å². The van der Waals surface area contributed by atoms with Crippen LogP contribution in [0, 0.1) is 11.8 Å². The number of nitrogens with zero attached hydrogens (tertiary/aromatic N) is 3. The zero-order valence-electron chi connectivity index (χ0n) is 23.8. The molecule has 0 spiro atoms. The molecule has 2 aromatic carbocycles. The first-order valence-electron chi connectivity index (χ1n) is 14.2. The van der Waals surface area contributed by atoms with Gasteiger partial charge >= 0.3 is 6.01 Å². The summed E-state index contributed by atoms with van der Waals surface area (Å²) in [6.45, 7) is 6.29. The Morgan fingerprint density at radius 3 is 2.29 bits per heavy atom. The molecule has 0 bridgehead atoms. The lowest BCUT2D eigenvalue weighted by atomic mass is 10.1. The minimum Gasteiger partial charge on any atom is -0.461 e. The van der Waals surface area contributed by atoms with E-state index in [0.717, 1.165) is 62.4 Å². The largest absolute Gasteiger partial charge is 0.461 e. The van der Waals surface area contributed by atoms with Gasteiger partial charge in [-0.05, 0) is 48.7 Å². The molecule has 0 aliphatic carbocycles. The van der Waals surface area contributed by atoms with Gasteiger partial charge in [-0.2, -0.15) is 9.97 Å². The number of hydrogen-bond donors (Lipinski definition) is 1. The number of hydrogen-bond acceptors (Lipinski definition) is 9. The van der Waals surface area contributed by atoms with Crippen molar-refractivity contribution < 1.29 is 28.6 Å². The van der Waals surface area contributed by atoms with Crippen LogP contribution in [-0.2, 0) is 25.6 Å². The molecule has 1 amide bonds. The summed E-state index contributed by atoms with van der Waals surface area (Å²) in [6, 6.07) is 17.8. The molecule has 220 valence electrons. The quantitative estimate of drug-likeness (QED) is 0.223. The van der Waals surface area contributed by atoms with Crippen molar-refractivity contribution in [2.24, 2.45) is 0 Å². The first-order chi connectivity index (χ1) is 20.7. The summed E-state index contributed by atoms with van der Waals surface area (Å²) in [6.07, 6.45) is 1.34. The van der Waals surface area contributed by atoms with Gasteiger partial charge in [-0.3, -0.25) is 14.5 Å². The molecular weight excluding hydrogens is 536 g/mol. The fraction of sp³-hybridized carbons (Fsp3) is 0.406. The van der Waals surface area contributed by atoms with E-state index in [2.05, 4.69) is 56.5 Å². The first kappa shape index (κ1) is 29.6. The van der Waals surface area contributed by atoms with Gasteiger partial charge in [0, 0.05) is 56.6 Å². The molecule has 2 saturated heterocycles. The Labute approximate surface area is 246 Å². The van der Waals surface area contributed by atoms with Crippen molar-refractivity contribution in [3.63, 3.8) is 0 Å². The number of methoxy groups -OCH3 is 1. The predicted molar refractivity (Wildman–Crippen MR) is 156 cm³/mol. The normalized spacial score (nSPS) is 15.9. The van der Waals surface area contributed by atoms with Crippen LogP contribution in [0.5, 0.6) is 6.01 Å². The second-order valence-electron chi connectivity index (χ2n) is 10.0. The van der Waals surface area contributed by atoms with Crippen LogP contribution < -0.4 is 10.2 Å².